The van der Waals surface area contributed by atoms with Crippen molar-refractivity contribution in [1.82, 2.24) is 15.2 Å². The average molecular weight is 364 g/mol. The van der Waals surface area contributed by atoms with E-state index in [-0.39, 0.29) is 0 Å². The summed E-state index contributed by atoms with van der Waals surface area (Å²) in [7, 11) is 0. The molecule has 0 amide bonds. The Morgan fingerprint density at radius 2 is 2.17 bits per heavy atom. The van der Waals surface area contributed by atoms with E-state index in [1.54, 1.807) is 11.3 Å². The molecule has 24 heavy (non-hydrogen) atoms. The highest BCUT2D eigenvalue weighted by Gasteiger charge is 2.40. The lowest BCUT2D eigenvalue weighted by atomic mass is 9.87. The predicted molar refractivity (Wildman–Crippen MR) is 97.7 cm³/mol. The van der Waals surface area contributed by atoms with Crippen LogP contribution in [0.4, 0.5) is 0 Å². The molecule has 1 aromatic carbocycles. The minimum atomic E-state index is 0.514. The maximum absolute atomic E-state index is 5.88. The van der Waals surface area contributed by atoms with Crippen LogP contribution >= 0.6 is 22.9 Å². The van der Waals surface area contributed by atoms with E-state index in [9.17, 15) is 0 Å². The molecule has 1 unspecified atom stereocenters. The number of nitrogens with zero attached hydrogens (tertiary/aromatic N) is 2. The smallest absolute Gasteiger partial charge is 0.140 e. The SMILES string of the molecule is Clc1ccc(OCc2nc(CN3CCC4(CCNC4)C3)cs2)cc1. The Morgan fingerprint density at radius 3 is 2.96 bits per heavy atom. The van der Waals surface area contributed by atoms with E-state index >= 15 is 0 Å². The van der Waals surface area contributed by atoms with Gasteiger partial charge in [-0.3, -0.25) is 4.90 Å². The predicted octanol–water partition coefficient (Wildman–Crippen LogP) is 3.56. The van der Waals surface area contributed by atoms with Crippen molar-refractivity contribution in [3.8, 4) is 5.75 Å². The minimum absolute atomic E-state index is 0.514. The first-order valence-electron chi connectivity index (χ1n) is 8.46. The Kier molecular flexibility index (Phi) is 4.77. The first-order valence-corrected chi connectivity index (χ1v) is 9.71. The molecule has 2 saturated heterocycles. The number of hydrogen-bond acceptors (Lipinski definition) is 5. The fourth-order valence-electron chi connectivity index (χ4n) is 3.70. The molecule has 2 fully saturated rings. The second-order valence-corrected chi connectivity index (χ2v) is 8.24. The van der Waals surface area contributed by atoms with Crippen molar-refractivity contribution in [2.45, 2.75) is 26.0 Å². The van der Waals surface area contributed by atoms with Gasteiger partial charge >= 0.3 is 0 Å². The van der Waals surface area contributed by atoms with Gasteiger partial charge in [-0.15, -0.1) is 11.3 Å². The minimum Gasteiger partial charge on any atom is -0.486 e. The average Bonchev–Trinajstić information content (AvgIpc) is 3.31. The van der Waals surface area contributed by atoms with Crippen LogP contribution < -0.4 is 10.1 Å². The largest absolute Gasteiger partial charge is 0.486 e. The Bertz CT molecular complexity index is 682. The summed E-state index contributed by atoms with van der Waals surface area (Å²) >= 11 is 7.56. The van der Waals surface area contributed by atoms with Gasteiger partial charge in [0.05, 0.1) is 5.69 Å². The molecule has 0 radical (unpaired) electrons. The quantitative estimate of drug-likeness (QED) is 0.881. The zero-order valence-corrected chi connectivity index (χ0v) is 15.2. The Morgan fingerprint density at radius 1 is 1.29 bits per heavy atom. The van der Waals surface area contributed by atoms with E-state index in [1.165, 1.54) is 39.0 Å². The van der Waals surface area contributed by atoms with Crippen molar-refractivity contribution in [3.05, 3.63) is 45.4 Å². The van der Waals surface area contributed by atoms with Gasteiger partial charge in [0.25, 0.3) is 0 Å². The molecule has 0 aliphatic carbocycles. The van der Waals surface area contributed by atoms with Crippen molar-refractivity contribution in [2.75, 3.05) is 26.2 Å². The summed E-state index contributed by atoms with van der Waals surface area (Å²) in [4.78, 5) is 7.28. The lowest BCUT2D eigenvalue weighted by Crippen LogP contribution is -2.29. The third kappa shape index (κ3) is 3.75. The van der Waals surface area contributed by atoms with E-state index in [0.29, 0.717) is 12.0 Å². The van der Waals surface area contributed by atoms with E-state index in [2.05, 4.69) is 15.6 Å². The molecule has 0 bridgehead atoms. The van der Waals surface area contributed by atoms with Gasteiger partial charge in [-0.05, 0) is 55.6 Å². The highest BCUT2D eigenvalue weighted by molar-refractivity contribution is 7.09. The molecule has 6 heteroatoms. The molecule has 1 N–H and O–H groups in total. The second kappa shape index (κ2) is 7.00. The van der Waals surface area contributed by atoms with E-state index in [1.807, 2.05) is 24.3 Å². The van der Waals surface area contributed by atoms with Gasteiger partial charge in [-0.25, -0.2) is 4.98 Å². The van der Waals surface area contributed by atoms with Crippen molar-refractivity contribution in [3.63, 3.8) is 0 Å². The highest BCUT2D eigenvalue weighted by atomic mass is 35.5. The molecule has 1 atom stereocenters. The van der Waals surface area contributed by atoms with Crippen molar-refractivity contribution < 1.29 is 4.74 Å². The van der Waals surface area contributed by atoms with Crippen LogP contribution in [-0.2, 0) is 13.2 Å². The van der Waals surface area contributed by atoms with Crippen molar-refractivity contribution in [2.24, 2.45) is 5.41 Å². The maximum atomic E-state index is 5.88. The summed E-state index contributed by atoms with van der Waals surface area (Å²) in [5.41, 5.74) is 1.69. The normalized spacial score (nSPS) is 24.0. The summed E-state index contributed by atoms with van der Waals surface area (Å²) in [5.74, 6) is 0.825. The number of rotatable bonds is 5. The van der Waals surface area contributed by atoms with E-state index in [0.717, 1.165) is 28.0 Å². The fourth-order valence-corrected chi connectivity index (χ4v) is 4.52. The number of nitrogens with one attached hydrogen (secondary N) is 1. The molecular weight excluding hydrogens is 342 g/mol. The van der Waals surface area contributed by atoms with Gasteiger partial charge in [0.15, 0.2) is 0 Å². The molecule has 128 valence electrons. The zero-order chi connectivity index (χ0) is 16.4. The van der Waals surface area contributed by atoms with Gasteiger partial charge in [0.1, 0.15) is 17.4 Å². The Labute approximate surface area is 151 Å². The lowest BCUT2D eigenvalue weighted by molar-refractivity contribution is 0.266. The number of hydrogen-bond donors (Lipinski definition) is 1. The van der Waals surface area contributed by atoms with Crippen LogP contribution in [0.2, 0.25) is 5.02 Å². The molecule has 3 heterocycles. The van der Waals surface area contributed by atoms with Gasteiger partial charge in [0.2, 0.25) is 0 Å². The molecular formula is C18H22ClN3OS. The summed E-state index contributed by atoms with van der Waals surface area (Å²) < 4.78 is 5.77. The second-order valence-electron chi connectivity index (χ2n) is 6.86. The van der Waals surface area contributed by atoms with Gasteiger partial charge in [-0.2, -0.15) is 0 Å². The number of ether oxygens (including phenoxy) is 1. The summed E-state index contributed by atoms with van der Waals surface area (Å²) in [6.45, 7) is 6.22. The van der Waals surface area contributed by atoms with Crippen LogP contribution in [0.5, 0.6) is 5.75 Å². The maximum Gasteiger partial charge on any atom is 0.140 e. The van der Waals surface area contributed by atoms with Crippen molar-refractivity contribution >= 4 is 22.9 Å². The zero-order valence-electron chi connectivity index (χ0n) is 13.6. The third-order valence-corrected chi connectivity index (χ3v) is 6.13. The summed E-state index contributed by atoms with van der Waals surface area (Å²) in [5, 5.41) is 7.43. The summed E-state index contributed by atoms with van der Waals surface area (Å²) in [6, 6.07) is 7.45. The first kappa shape index (κ1) is 16.3. The number of thiazole rings is 1. The molecule has 4 rings (SSSR count). The molecule has 2 aliphatic heterocycles. The van der Waals surface area contributed by atoms with Crippen LogP contribution in [-0.4, -0.2) is 36.1 Å². The van der Waals surface area contributed by atoms with Crippen LogP contribution in [0.3, 0.4) is 0 Å². The van der Waals surface area contributed by atoms with Gasteiger partial charge < -0.3 is 10.1 Å². The van der Waals surface area contributed by atoms with Crippen LogP contribution in [0.15, 0.2) is 29.6 Å². The number of aromatic nitrogens is 1. The molecule has 1 aromatic heterocycles. The number of likely N-dealkylation sites (tertiary alicyclic amines) is 1. The highest BCUT2D eigenvalue weighted by Crippen LogP contribution is 2.36. The molecule has 0 saturated carbocycles. The lowest BCUT2D eigenvalue weighted by Gasteiger charge is -2.22. The monoisotopic (exact) mass is 363 g/mol. The van der Waals surface area contributed by atoms with Crippen LogP contribution in [0.1, 0.15) is 23.5 Å². The molecule has 2 aromatic rings. The van der Waals surface area contributed by atoms with Gasteiger partial charge in [0, 0.05) is 30.0 Å². The number of benzene rings is 1. The van der Waals surface area contributed by atoms with Crippen molar-refractivity contribution in [1.29, 1.82) is 0 Å². The first-order chi connectivity index (χ1) is 11.7. The van der Waals surface area contributed by atoms with Crippen LogP contribution in [0.25, 0.3) is 0 Å². The van der Waals surface area contributed by atoms with E-state index < -0.39 is 0 Å². The summed E-state index contributed by atoms with van der Waals surface area (Å²) in [6.07, 6.45) is 2.64. The Hall–Kier alpha value is -1.14. The molecule has 1 spiro atoms. The number of halogens is 1. The molecule has 2 aliphatic rings. The van der Waals surface area contributed by atoms with Gasteiger partial charge in [-0.1, -0.05) is 11.6 Å². The van der Waals surface area contributed by atoms with Crippen LogP contribution in [0, 0.1) is 5.41 Å². The fraction of sp³-hybridized carbons (Fsp3) is 0.500. The topological polar surface area (TPSA) is 37.4 Å². The standard InChI is InChI=1S/C18H22ClN3OS/c19-14-1-3-16(4-2-14)23-10-17-21-15(11-24-17)9-22-8-6-18(13-22)5-7-20-12-18/h1-4,11,20H,5-10,12-13H2. The third-order valence-electron chi connectivity index (χ3n) is 5.01. The van der Waals surface area contributed by atoms with E-state index in [4.69, 9.17) is 21.3 Å². The molecule has 4 nitrogen and oxygen atoms in total. The Balaban J connectivity index is 1.29.